The number of hydrogen-bond donors (Lipinski definition) is 4. The number of carbonyl (C=O) groups excluding carboxylic acids is 3. The fourth-order valence-electron chi connectivity index (χ4n) is 6.41. The SMILES string of the molecule is CC(=O)Nc1ccc(S(=O)(=O)N[C@@H](C)C(=O)NNC(=O)CC23CC4CC(CC(C4)C2)C3)cc1. The number of rotatable bonds is 7. The zero-order chi connectivity index (χ0) is 23.8. The van der Waals surface area contributed by atoms with E-state index in [9.17, 15) is 22.8 Å². The Kier molecular flexibility index (Phi) is 6.50. The molecule has 4 aliphatic rings. The molecule has 4 saturated carbocycles. The van der Waals surface area contributed by atoms with E-state index in [-0.39, 0.29) is 22.1 Å². The molecule has 4 fully saturated rings. The second-order valence-electron chi connectivity index (χ2n) is 10.2. The topological polar surface area (TPSA) is 133 Å². The molecule has 1 atom stereocenters. The summed E-state index contributed by atoms with van der Waals surface area (Å²) in [7, 11) is -3.96. The molecule has 10 heteroatoms. The maximum atomic E-state index is 12.6. The average molecular weight is 477 g/mol. The molecule has 5 rings (SSSR count). The summed E-state index contributed by atoms with van der Waals surface area (Å²) in [6, 6.07) is 4.51. The average Bonchev–Trinajstić information content (AvgIpc) is 2.70. The smallest absolute Gasteiger partial charge is 0.256 e. The van der Waals surface area contributed by atoms with Crippen LogP contribution >= 0.6 is 0 Å². The van der Waals surface area contributed by atoms with Crippen molar-refractivity contribution in [2.75, 3.05) is 5.32 Å². The van der Waals surface area contributed by atoms with Crippen molar-refractivity contribution in [2.24, 2.45) is 23.2 Å². The third kappa shape index (κ3) is 5.55. The van der Waals surface area contributed by atoms with Crippen LogP contribution in [0, 0.1) is 23.2 Å². The molecule has 1 aromatic rings. The van der Waals surface area contributed by atoms with Gasteiger partial charge in [-0.05, 0) is 92.9 Å². The molecule has 0 unspecified atom stereocenters. The number of anilines is 1. The molecule has 4 bridgehead atoms. The van der Waals surface area contributed by atoms with Gasteiger partial charge in [0.25, 0.3) is 5.91 Å². The van der Waals surface area contributed by atoms with E-state index in [4.69, 9.17) is 0 Å². The monoisotopic (exact) mass is 476 g/mol. The van der Waals surface area contributed by atoms with Crippen LogP contribution in [0.15, 0.2) is 29.2 Å². The van der Waals surface area contributed by atoms with Crippen molar-refractivity contribution in [2.45, 2.75) is 69.7 Å². The predicted molar refractivity (Wildman–Crippen MR) is 122 cm³/mol. The lowest BCUT2D eigenvalue weighted by atomic mass is 9.49. The van der Waals surface area contributed by atoms with Gasteiger partial charge in [-0.15, -0.1) is 0 Å². The molecule has 0 radical (unpaired) electrons. The standard InChI is InChI=1S/C23H32N4O5S/c1-14(27-33(31,32)20-5-3-19(4-6-20)24-15(2)28)22(30)26-25-21(29)13-23-10-16-7-17(11-23)9-18(8-16)12-23/h3-6,14,16-18,27H,7-13H2,1-2H3,(H,24,28)(H,25,29)(H,26,30)/t14-,16?,17?,18?,23?/m0/s1. The van der Waals surface area contributed by atoms with Crippen LogP contribution < -0.4 is 20.9 Å². The third-order valence-electron chi connectivity index (χ3n) is 7.24. The van der Waals surface area contributed by atoms with E-state index in [0.717, 1.165) is 37.0 Å². The van der Waals surface area contributed by atoms with E-state index in [1.807, 2.05) is 0 Å². The fourth-order valence-corrected chi connectivity index (χ4v) is 7.61. The number of amides is 3. The first-order valence-electron chi connectivity index (χ1n) is 11.5. The van der Waals surface area contributed by atoms with Crippen LogP contribution in [-0.4, -0.2) is 32.2 Å². The molecule has 0 heterocycles. The van der Waals surface area contributed by atoms with Gasteiger partial charge in [-0.3, -0.25) is 25.2 Å². The minimum Gasteiger partial charge on any atom is -0.326 e. The summed E-state index contributed by atoms with van der Waals surface area (Å²) >= 11 is 0. The number of sulfonamides is 1. The first-order chi connectivity index (χ1) is 15.5. The maximum Gasteiger partial charge on any atom is 0.256 e. The lowest BCUT2D eigenvalue weighted by Crippen LogP contribution is -2.53. The van der Waals surface area contributed by atoms with Gasteiger partial charge in [-0.2, -0.15) is 4.72 Å². The fraction of sp³-hybridized carbons (Fsp3) is 0.609. The molecular weight excluding hydrogens is 444 g/mol. The van der Waals surface area contributed by atoms with Crippen molar-refractivity contribution >= 4 is 33.4 Å². The highest BCUT2D eigenvalue weighted by Crippen LogP contribution is 2.61. The summed E-state index contributed by atoms with van der Waals surface area (Å²) in [5.41, 5.74) is 5.35. The molecule has 180 valence electrons. The number of carbonyl (C=O) groups is 3. The highest BCUT2D eigenvalue weighted by molar-refractivity contribution is 7.89. The summed E-state index contributed by atoms with van der Waals surface area (Å²) in [6.45, 7) is 2.76. The van der Waals surface area contributed by atoms with Gasteiger partial charge in [0.05, 0.1) is 10.9 Å². The molecule has 4 aliphatic carbocycles. The minimum absolute atomic E-state index is 0.0397. The van der Waals surface area contributed by atoms with Crippen molar-refractivity contribution in [3.8, 4) is 0 Å². The van der Waals surface area contributed by atoms with Gasteiger partial charge in [-0.25, -0.2) is 8.42 Å². The summed E-state index contributed by atoms with van der Waals surface area (Å²) in [6.07, 6.45) is 7.57. The molecular formula is C23H32N4O5S. The lowest BCUT2D eigenvalue weighted by molar-refractivity contribution is -0.134. The van der Waals surface area contributed by atoms with E-state index in [2.05, 4.69) is 20.9 Å². The first kappa shape index (κ1) is 23.7. The number of hydrogen-bond acceptors (Lipinski definition) is 5. The number of benzene rings is 1. The Labute approximate surface area is 194 Å². The van der Waals surface area contributed by atoms with Crippen molar-refractivity contribution in [1.82, 2.24) is 15.6 Å². The third-order valence-corrected chi connectivity index (χ3v) is 8.79. The maximum absolute atomic E-state index is 12.6. The molecule has 33 heavy (non-hydrogen) atoms. The Hall–Kier alpha value is -2.46. The van der Waals surface area contributed by atoms with E-state index < -0.39 is 22.0 Å². The largest absolute Gasteiger partial charge is 0.326 e. The molecule has 0 saturated heterocycles. The highest BCUT2D eigenvalue weighted by atomic mass is 32.2. The second kappa shape index (κ2) is 9.06. The predicted octanol–water partition coefficient (Wildman–Crippen LogP) is 2.07. The van der Waals surface area contributed by atoms with Crippen molar-refractivity contribution in [3.05, 3.63) is 24.3 Å². The Balaban J connectivity index is 1.27. The molecule has 0 aromatic heterocycles. The van der Waals surface area contributed by atoms with Crippen LogP contribution in [-0.2, 0) is 24.4 Å². The summed E-state index contributed by atoms with van der Waals surface area (Å²) in [5.74, 6) is 1.07. The van der Waals surface area contributed by atoms with E-state index >= 15 is 0 Å². The number of hydrazine groups is 1. The van der Waals surface area contributed by atoms with Crippen LogP contribution in [0.4, 0.5) is 5.69 Å². The summed E-state index contributed by atoms with van der Waals surface area (Å²) in [4.78, 5) is 36.0. The molecule has 1 aromatic carbocycles. The van der Waals surface area contributed by atoms with Crippen LogP contribution in [0.2, 0.25) is 0 Å². The number of nitrogens with one attached hydrogen (secondary N) is 4. The van der Waals surface area contributed by atoms with Crippen molar-refractivity contribution in [3.63, 3.8) is 0 Å². The second-order valence-corrected chi connectivity index (χ2v) is 11.9. The quantitative estimate of drug-likeness (QED) is 0.447. The highest BCUT2D eigenvalue weighted by Gasteiger charge is 2.51. The Morgan fingerprint density at radius 3 is 2.03 bits per heavy atom. The molecule has 0 aliphatic heterocycles. The van der Waals surface area contributed by atoms with Crippen LogP contribution in [0.25, 0.3) is 0 Å². The van der Waals surface area contributed by atoms with Gasteiger partial charge < -0.3 is 5.32 Å². The zero-order valence-electron chi connectivity index (χ0n) is 19.0. The minimum atomic E-state index is -3.96. The van der Waals surface area contributed by atoms with Gasteiger partial charge >= 0.3 is 0 Å². The summed E-state index contributed by atoms with van der Waals surface area (Å²) in [5, 5.41) is 2.56. The Bertz CT molecular complexity index is 1000. The summed E-state index contributed by atoms with van der Waals surface area (Å²) < 4.78 is 27.4. The first-order valence-corrected chi connectivity index (χ1v) is 13.0. The molecule has 0 spiro atoms. The molecule has 9 nitrogen and oxygen atoms in total. The van der Waals surface area contributed by atoms with Gasteiger partial charge in [0.2, 0.25) is 21.8 Å². The van der Waals surface area contributed by atoms with Gasteiger partial charge in [0.15, 0.2) is 0 Å². The van der Waals surface area contributed by atoms with Gasteiger partial charge in [0, 0.05) is 19.0 Å². The zero-order valence-corrected chi connectivity index (χ0v) is 19.8. The normalized spacial score (nSPS) is 28.7. The van der Waals surface area contributed by atoms with Gasteiger partial charge in [0.1, 0.15) is 0 Å². The Morgan fingerprint density at radius 2 is 1.52 bits per heavy atom. The Morgan fingerprint density at radius 1 is 0.970 bits per heavy atom. The van der Waals surface area contributed by atoms with Crippen molar-refractivity contribution < 1.29 is 22.8 Å². The van der Waals surface area contributed by atoms with E-state index in [1.54, 1.807) is 0 Å². The van der Waals surface area contributed by atoms with Gasteiger partial charge in [-0.1, -0.05) is 0 Å². The molecule has 3 amide bonds. The van der Waals surface area contributed by atoms with Crippen LogP contribution in [0.5, 0.6) is 0 Å². The van der Waals surface area contributed by atoms with E-state index in [1.165, 1.54) is 57.4 Å². The van der Waals surface area contributed by atoms with Crippen LogP contribution in [0.3, 0.4) is 0 Å². The van der Waals surface area contributed by atoms with Crippen LogP contribution in [0.1, 0.15) is 58.8 Å². The molecule has 4 N–H and O–H groups in total. The van der Waals surface area contributed by atoms with Crippen molar-refractivity contribution in [1.29, 1.82) is 0 Å². The lowest BCUT2D eigenvalue weighted by Gasteiger charge is -2.56. The van der Waals surface area contributed by atoms with E-state index in [0.29, 0.717) is 12.1 Å².